The van der Waals surface area contributed by atoms with Gasteiger partial charge >= 0.3 is 5.97 Å². The first kappa shape index (κ1) is 30.8. The van der Waals surface area contributed by atoms with Gasteiger partial charge in [-0.3, -0.25) is 28.8 Å². The average Bonchev–Trinajstić information content (AvgIpc) is 3.41. The van der Waals surface area contributed by atoms with Crippen molar-refractivity contribution in [3.63, 3.8) is 0 Å². The summed E-state index contributed by atoms with van der Waals surface area (Å²) in [5, 5.41) is 7.78. The SMILES string of the molecule is COC(=O)CCC(=O)N[C@@H](C)C(=O)N[C@@H](C)C(=O)N1CCC[C@H]1C(=O)N[C@@H](Cc1ccccc1)C(=O)CCl. The minimum Gasteiger partial charge on any atom is -0.469 e. The molecule has 1 aromatic rings. The van der Waals surface area contributed by atoms with E-state index < -0.39 is 53.8 Å². The van der Waals surface area contributed by atoms with E-state index in [2.05, 4.69) is 20.7 Å². The Kier molecular flexibility index (Phi) is 12.2. The van der Waals surface area contributed by atoms with Crippen molar-refractivity contribution in [3.8, 4) is 0 Å². The summed E-state index contributed by atoms with van der Waals surface area (Å²) in [4.78, 5) is 75.7. The van der Waals surface area contributed by atoms with Crippen molar-refractivity contribution in [2.24, 2.45) is 0 Å². The fraction of sp³-hybridized carbons (Fsp3) is 0.538. The molecule has 1 heterocycles. The van der Waals surface area contributed by atoms with Crippen LogP contribution in [0.2, 0.25) is 0 Å². The molecule has 4 atom stereocenters. The van der Waals surface area contributed by atoms with Crippen molar-refractivity contribution in [2.45, 2.75) is 70.1 Å². The zero-order chi connectivity index (χ0) is 28.2. The third-order valence-electron chi connectivity index (χ3n) is 6.24. The fourth-order valence-electron chi connectivity index (χ4n) is 4.10. The molecule has 0 aromatic heterocycles. The van der Waals surface area contributed by atoms with Gasteiger partial charge in [0.2, 0.25) is 23.6 Å². The summed E-state index contributed by atoms with van der Waals surface area (Å²) in [7, 11) is 1.21. The highest BCUT2D eigenvalue weighted by atomic mass is 35.5. The summed E-state index contributed by atoms with van der Waals surface area (Å²) in [5.41, 5.74) is 0.860. The van der Waals surface area contributed by atoms with E-state index in [0.29, 0.717) is 19.4 Å². The molecular weight excluding hydrogens is 516 g/mol. The average molecular weight is 551 g/mol. The van der Waals surface area contributed by atoms with Gasteiger partial charge in [-0.25, -0.2) is 0 Å². The quantitative estimate of drug-likeness (QED) is 0.238. The molecule has 0 unspecified atom stereocenters. The zero-order valence-electron chi connectivity index (χ0n) is 21.8. The minimum atomic E-state index is -0.963. The minimum absolute atomic E-state index is 0.118. The Morgan fingerprint density at radius 3 is 2.32 bits per heavy atom. The largest absolute Gasteiger partial charge is 0.469 e. The van der Waals surface area contributed by atoms with Crippen LogP contribution in [0.25, 0.3) is 0 Å². The molecule has 3 N–H and O–H groups in total. The number of nitrogens with one attached hydrogen (secondary N) is 3. The summed E-state index contributed by atoms with van der Waals surface area (Å²) < 4.78 is 4.48. The van der Waals surface area contributed by atoms with Gasteiger partial charge in [-0.1, -0.05) is 30.3 Å². The number of amides is 4. The Hall–Kier alpha value is -3.47. The maximum atomic E-state index is 13.1. The number of carbonyl (C=O) groups is 6. The van der Waals surface area contributed by atoms with E-state index in [0.717, 1.165) is 5.56 Å². The number of rotatable bonds is 13. The lowest BCUT2D eigenvalue weighted by Gasteiger charge is -2.29. The molecule has 1 fully saturated rings. The van der Waals surface area contributed by atoms with Crippen molar-refractivity contribution >= 4 is 47.0 Å². The molecule has 0 aliphatic carbocycles. The van der Waals surface area contributed by atoms with E-state index in [4.69, 9.17) is 11.6 Å². The number of likely N-dealkylation sites (tertiary alicyclic amines) is 1. The van der Waals surface area contributed by atoms with Gasteiger partial charge < -0.3 is 25.6 Å². The van der Waals surface area contributed by atoms with Crippen molar-refractivity contribution in [1.29, 1.82) is 0 Å². The van der Waals surface area contributed by atoms with Crippen LogP contribution in [0.15, 0.2) is 30.3 Å². The van der Waals surface area contributed by atoms with Gasteiger partial charge in [-0.2, -0.15) is 0 Å². The van der Waals surface area contributed by atoms with Gasteiger partial charge in [0.05, 0.1) is 25.5 Å². The number of Topliss-reactive ketones (excluding diaryl/α,β-unsaturated/α-hetero) is 1. The van der Waals surface area contributed by atoms with Crippen LogP contribution in [0.5, 0.6) is 0 Å². The molecule has 38 heavy (non-hydrogen) atoms. The van der Waals surface area contributed by atoms with Crippen LogP contribution in [0.4, 0.5) is 0 Å². The lowest BCUT2D eigenvalue weighted by molar-refractivity contribution is -0.142. The highest BCUT2D eigenvalue weighted by Crippen LogP contribution is 2.19. The summed E-state index contributed by atoms with van der Waals surface area (Å²) >= 11 is 5.77. The second kappa shape index (κ2) is 15.1. The number of ether oxygens (including phenoxy) is 1. The second-order valence-corrected chi connectivity index (χ2v) is 9.40. The molecule has 1 aliphatic heterocycles. The predicted octanol–water partition coefficient (Wildman–Crippen LogP) is 0.475. The number of hydrogen-bond acceptors (Lipinski definition) is 7. The Morgan fingerprint density at radius 2 is 1.68 bits per heavy atom. The van der Waals surface area contributed by atoms with Crippen LogP contribution in [0, 0.1) is 0 Å². The summed E-state index contributed by atoms with van der Waals surface area (Å²) in [6.45, 7) is 3.27. The summed E-state index contributed by atoms with van der Waals surface area (Å²) in [6, 6.07) is 5.67. The summed E-state index contributed by atoms with van der Waals surface area (Å²) in [5.74, 6) is -3.14. The van der Waals surface area contributed by atoms with Crippen molar-refractivity contribution in [3.05, 3.63) is 35.9 Å². The zero-order valence-corrected chi connectivity index (χ0v) is 22.6. The number of benzene rings is 1. The van der Waals surface area contributed by atoms with Gasteiger partial charge in [0, 0.05) is 13.0 Å². The molecule has 0 spiro atoms. The highest BCUT2D eigenvalue weighted by Gasteiger charge is 2.38. The van der Waals surface area contributed by atoms with Crippen LogP contribution in [0.3, 0.4) is 0 Å². The molecule has 208 valence electrons. The monoisotopic (exact) mass is 550 g/mol. The van der Waals surface area contributed by atoms with Crippen molar-refractivity contribution in [1.82, 2.24) is 20.9 Å². The second-order valence-electron chi connectivity index (χ2n) is 9.14. The molecule has 1 saturated heterocycles. The van der Waals surface area contributed by atoms with Crippen molar-refractivity contribution in [2.75, 3.05) is 19.5 Å². The molecule has 0 radical (unpaired) electrons. The van der Waals surface area contributed by atoms with Crippen LogP contribution < -0.4 is 16.0 Å². The Balaban J connectivity index is 1.95. The fourth-order valence-corrected chi connectivity index (χ4v) is 4.29. The Bertz CT molecular complexity index is 1020. The van der Waals surface area contributed by atoms with E-state index in [1.165, 1.54) is 25.9 Å². The maximum Gasteiger partial charge on any atom is 0.306 e. The number of halogens is 1. The molecule has 1 aliphatic rings. The molecule has 11 nitrogen and oxygen atoms in total. The molecule has 0 saturated carbocycles. The molecule has 1 aromatic carbocycles. The van der Waals surface area contributed by atoms with Gasteiger partial charge in [0.25, 0.3) is 0 Å². The number of hydrogen-bond donors (Lipinski definition) is 3. The molecule has 2 rings (SSSR count). The van der Waals surface area contributed by atoms with E-state index in [1.54, 1.807) is 0 Å². The number of alkyl halides is 1. The predicted molar refractivity (Wildman–Crippen MR) is 139 cm³/mol. The first-order valence-electron chi connectivity index (χ1n) is 12.5. The standard InChI is InChI=1S/C26H35ClN4O7/c1-16(28-22(33)11-12-23(34)38-3)24(35)29-17(2)26(37)31-13-7-10-20(31)25(36)30-19(21(32)15-27)14-18-8-5-4-6-9-18/h4-6,8-9,16-17,19-20H,7,10-15H2,1-3H3,(H,28,33)(H,29,35)(H,30,36)/t16-,17-,19-,20-/m0/s1. The number of methoxy groups -OCH3 is 1. The third kappa shape index (κ3) is 9.13. The van der Waals surface area contributed by atoms with Crippen LogP contribution >= 0.6 is 11.6 Å². The maximum absolute atomic E-state index is 13.1. The van der Waals surface area contributed by atoms with Gasteiger partial charge in [0.15, 0.2) is 5.78 Å². The van der Waals surface area contributed by atoms with E-state index in [9.17, 15) is 28.8 Å². The normalized spacial score (nSPS) is 17.1. The van der Waals surface area contributed by atoms with E-state index in [-0.39, 0.29) is 30.9 Å². The van der Waals surface area contributed by atoms with E-state index >= 15 is 0 Å². The lowest BCUT2D eigenvalue weighted by Crippen LogP contribution is -2.56. The first-order chi connectivity index (χ1) is 18.1. The first-order valence-corrected chi connectivity index (χ1v) is 13.0. The number of nitrogens with zero attached hydrogens (tertiary/aromatic N) is 1. The van der Waals surface area contributed by atoms with Crippen molar-refractivity contribution < 1.29 is 33.5 Å². The van der Waals surface area contributed by atoms with E-state index in [1.807, 2.05) is 30.3 Å². The van der Waals surface area contributed by atoms with Crippen LogP contribution in [-0.2, 0) is 39.9 Å². The van der Waals surface area contributed by atoms with Gasteiger partial charge in [-0.05, 0) is 38.7 Å². The highest BCUT2D eigenvalue weighted by molar-refractivity contribution is 6.28. The smallest absolute Gasteiger partial charge is 0.306 e. The Morgan fingerprint density at radius 1 is 1.00 bits per heavy atom. The lowest BCUT2D eigenvalue weighted by atomic mass is 10.0. The molecular formula is C26H35ClN4O7. The van der Waals surface area contributed by atoms with Crippen LogP contribution in [-0.4, -0.2) is 84.0 Å². The number of esters is 1. The third-order valence-corrected chi connectivity index (χ3v) is 6.51. The Labute approximate surface area is 227 Å². The van der Waals surface area contributed by atoms with Crippen LogP contribution in [0.1, 0.15) is 45.1 Å². The van der Waals surface area contributed by atoms with Gasteiger partial charge in [-0.15, -0.1) is 11.6 Å². The summed E-state index contributed by atoms with van der Waals surface area (Å²) in [6.07, 6.45) is 1.02. The number of ketones is 1. The molecule has 12 heteroatoms. The topological polar surface area (TPSA) is 151 Å². The molecule has 4 amide bonds. The number of carbonyl (C=O) groups excluding carboxylic acids is 6. The van der Waals surface area contributed by atoms with Gasteiger partial charge in [0.1, 0.15) is 18.1 Å². The molecule has 0 bridgehead atoms.